The zero-order valence-corrected chi connectivity index (χ0v) is 14.9. The van der Waals surface area contributed by atoms with Crippen LogP contribution in [0.2, 0.25) is 0 Å². The van der Waals surface area contributed by atoms with Crippen LogP contribution in [0.5, 0.6) is 0 Å². The van der Waals surface area contributed by atoms with Crippen molar-refractivity contribution in [3.05, 3.63) is 35.4 Å². The fraction of sp³-hybridized carbons (Fsp3) is 0.556. The van der Waals surface area contributed by atoms with Crippen LogP contribution in [-0.2, 0) is 9.59 Å². The molecule has 1 saturated heterocycles. The van der Waals surface area contributed by atoms with Crippen LogP contribution in [0.15, 0.2) is 18.2 Å². The predicted molar refractivity (Wildman–Crippen MR) is 90.8 cm³/mol. The lowest BCUT2D eigenvalue weighted by atomic mass is 10.0. The Morgan fingerprint density at radius 3 is 2.56 bits per heavy atom. The van der Waals surface area contributed by atoms with E-state index in [4.69, 9.17) is 0 Å². The summed E-state index contributed by atoms with van der Waals surface area (Å²) < 4.78 is 27.2. The van der Waals surface area contributed by atoms with Gasteiger partial charge in [0.05, 0.1) is 6.54 Å². The highest BCUT2D eigenvalue weighted by molar-refractivity contribution is 5.78. The Labute approximate surface area is 147 Å². The van der Waals surface area contributed by atoms with E-state index in [2.05, 4.69) is 5.32 Å². The topological polar surface area (TPSA) is 52.7 Å². The summed E-state index contributed by atoms with van der Waals surface area (Å²) in [4.78, 5) is 27.0. The summed E-state index contributed by atoms with van der Waals surface area (Å²) in [6.07, 6.45) is 1.45. The van der Waals surface area contributed by atoms with Gasteiger partial charge in [-0.2, -0.15) is 0 Å². The number of piperidine rings is 1. The van der Waals surface area contributed by atoms with E-state index < -0.39 is 17.7 Å². The molecule has 1 heterocycles. The van der Waals surface area contributed by atoms with E-state index in [1.165, 1.54) is 0 Å². The number of rotatable bonds is 5. The van der Waals surface area contributed by atoms with E-state index in [0.29, 0.717) is 13.1 Å². The Morgan fingerprint density at radius 1 is 1.32 bits per heavy atom. The molecular weight excluding hydrogens is 328 g/mol. The summed E-state index contributed by atoms with van der Waals surface area (Å²) in [5.41, 5.74) is 0.227. The van der Waals surface area contributed by atoms with Gasteiger partial charge in [-0.15, -0.1) is 0 Å². The number of likely N-dealkylation sites (tertiary alicyclic amines) is 1. The van der Waals surface area contributed by atoms with Gasteiger partial charge in [0.15, 0.2) is 0 Å². The number of amides is 2. The molecule has 0 aromatic heterocycles. The van der Waals surface area contributed by atoms with E-state index >= 15 is 0 Å². The Kier molecular flexibility index (Phi) is 6.47. The Bertz CT molecular complexity index is 631. The maximum Gasteiger partial charge on any atom is 0.234 e. The molecule has 0 bridgehead atoms. The first-order valence-corrected chi connectivity index (χ1v) is 8.48. The number of carbonyl (C=O) groups excluding carboxylic acids is 2. The molecule has 1 N–H and O–H groups in total. The van der Waals surface area contributed by atoms with Gasteiger partial charge in [0.2, 0.25) is 11.8 Å². The minimum atomic E-state index is -0.502. The summed E-state index contributed by atoms with van der Waals surface area (Å²) in [6.45, 7) is 4.64. The van der Waals surface area contributed by atoms with E-state index in [1.54, 1.807) is 30.7 Å². The highest BCUT2D eigenvalue weighted by Crippen LogP contribution is 2.22. The van der Waals surface area contributed by atoms with Crippen molar-refractivity contribution in [1.82, 2.24) is 15.1 Å². The predicted octanol–water partition coefficient (Wildman–Crippen LogP) is 2.08. The third-order valence-corrected chi connectivity index (χ3v) is 4.77. The second-order valence-electron chi connectivity index (χ2n) is 6.60. The molecule has 2 amide bonds. The third-order valence-electron chi connectivity index (χ3n) is 4.77. The fourth-order valence-electron chi connectivity index (χ4n) is 3.05. The van der Waals surface area contributed by atoms with Gasteiger partial charge < -0.3 is 10.2 Å². The van der Waals surface area contributed by atoms with Gasteiger partial charge in [-0.25, -0.2) is 8.78 Å². The monoisotopic (exact) mass is 353 g/mol. The third kappa shape index (κ3) is 5.22. The van der Waals surface area contributed by atoms with Crippen LogP contribution in [0.1, 0.15) is 38.3 Å². The van der Waals surface area contributed by atoms with Gasteiger partial charge in [-0.3, -0.25) is 14.5 Å². The average molecular weight is 353 g/mol. The molecule has 1 fully saturated rings. The molecule has 7 heteroatoms. The zero-order valence-electron chi connectivity index (χ0n) is 14.9. The quantitative estimate of drug-likeness (QED) is 0.882. The Balaban J connectivity index is 1.85. The van der Waals surface area contributed by atoms with Crippen molar-refractivity contribution >= 4 is 11.8 Å². The molecule has 0 spiro atoms. The first-order valence-electron chi connectivity index (χ1n) is 8.48. The van der Waals surface area contributed by atoms with Gasteiger partial charge in [0.1, 0.15) is 11.6 Å². The normalized spacial score (nSPS) is 16.8. The number of hydrogen-bond donors (Lipinski definition) is 1. The first-order chi connectivity index (χ1) is 11.8. The van der Waals surface area contributed by atoms with Crippen molar-refractivity contribution in [3.63, 3.8) is 0 Å². The summed E-state index contributed by atoms with van der Waals surface area (Å²) in [5, 5.41) is 2.96. The summed E-state index contributed by atoms with van der Waals surface area (Å²) in [6, 6.07) is 2.94. The molecule has 1 aliphatic heterocycles. The maximum absolute atomic E-state index is 13.9. The minimum Gasteiger partial charge on any atom is -0.352 e. The smallest absolute Gasteiger partial charge is 0.234 e. The molecular formula is C18H25F2N3O2. The molecule has 2 rings (SSSR count). The standard InChI is InChI=1S/C18H25F2N3O2/c1-12(16-10-14(19)4-5-17(16)20)22(3)11-18(25)21-15-6-8-23(9-7-15)13(2)24/h4-5,10,12,15H,6-9,11H2,1-3H3,(H,21,25). The molecule has 0 radical (unpaired) electrons. The molecule has 1 aromatic rings. The summed E-state index contributed by atoms with van der Waals surface area (Å²) in [7, 11) is 1.70. The molecule has 1 aliphatic rings. The molecule has 5 nitrogen and oxygen atoms in total. The number of benzene rings is 1. The fourth-order valence-corrected chi connectivity index (χ4v) is 3.05. The van der Waals surface area contributed by atoms with Crippen LogP contribution in [0.4, 0.5) is 8.78 Å². The SMILES string of the molecule is CC(=O)N1CCC(NC(=O)CN(C)C(C)c2cc(F)ccc2F)CC1. The van der Waals surface area contributed by atoms with E-state index in [-0.39, 0.29) is 30.0 Å². The number of carbonyl (C=O) groups is 2. The van der Waals surface area contributed by atoms with Crippen LogP contribution >= 0.6 is 0 Å². The van der Waals surface area contributed by atoms with Crippen LogP contribution in [0.3, 0.4) is 0 Å². The Hall–Kier alpha value is -2.02. The summed E-state index contributed by atoms with van der Waals surface area (Å²) >= 11 is 0. The van der Waals surface area contributed by atoms with Crippen LogP contribution < -0.4 is 5.32 Å². The van der Waals surface area contributed by atoms with Gasteiger partial charge in [0.25, 0.3) is 0 Å². The number of hydrogen-bond acceptors (Lipinski definition) is 3. The second-order valence-corrected chi connectivity index (χ2v) is 6.60. The highest BCUT2D eigenvalue weighted by atomic mass is 19.1. The lowest BCUT2D eigenvalue weighted by Crippen LogP contribution is -2.48. The van der Waals surface area contributed by atoms with Crippen molar-refractivity contribution in [1.29, 1.82) is 0 Å². The molecule has 1 atom stereocenters. The molecule has 1 aromatic carbocycles. The molecule has 1 unspecified atom stereocenters. The minimum absolute atomic E-state index is 0.0395. The van der Waals surface area contributed by atoms with Crippen LogP contribution in [-0.4, -0.2) is 54.3 Å². The van der Waals surface area contributed by atoms with Crippen molar-refractivity contribution in [2.24, 2.45) is 0 Å². The number of halogens is 2. The Morgan fingerprint density at radius 2 is 1.96 bits per heavy atom. The molecule has 0 saturated carbocycles. The molecule has 0 aliphatic carbocycles. The molecule has 138 valence electrons. The van der Waals surface area contributed by atoms with E-state index in [1.807, 2.05) is 0 Å². The van der Waals surface area contributed by atoms with Gasteiger partial charge in [0, 0.05) is 37.7 Å². The first kappa shape index (κ1) is 19.3. The zero-order chi connectivity index (χ0) is 18.6. The van der Waals surface area contributed by atoms with Crippen molar-refractivity contribution < 1.29 is 18.4 Å². The van der Waals surface area contributed by atoms with Gasteiger partial charge in [-0.05, 0) is 45.0 Å². The number of likely N-dealkylation sites (N-methyl/N-ethyl adjacent to an activating group) is 1. The van der Waals surface area contributed by atoms with Crippen molar-refractivity contribution in [2.75, 3.05) is 26.7 Å². The number of nitrogens with one attached hydrogen (secondary N) is 1. The summed E-state index contributed by atoms with van der Waals surface area (Å²) in [5.74, 6) is -1.10. The second kappa shape index (κ2) is 8.38. The lowest BCUT2D eigenvalue weighted by molar-refractivity contribution is -0.130. The van der Waals surface area contributed by atoms with Crippen LogP contribution in [0.25, 0.3) is 0 Å². The van der Waals surface area contributed by atoms with Gasteiger partial charge >= 0.3 is 0 Å². The van der Waals surface area contributed by atoms with Crippen molar-refractivity contribution in [3.8, 4) is 0 Å². The van der Waals surface area contributed by atoms with Crippen LogP contribution in [0, 0.1) is 11.6 Å². The van der Waals surface area contributed by atoms with E-state index in [9.17, 15) is 18.4 Å². The average Bonchev–Trinajstić information content (AvgIpc) is 2.56. The maximum atomic E-state index is 13.9. The molecule has 25 heavy (non-hydrogen) atoms. The van der Waals surface area contributed by atoms with E-state index in [0.717, 1.165) is 31.0 Å². The number of nitrogens with zero attached hydrogens (tertiary/aromatic N) is 2. The van der Waals surface area contributed by atoms with Crippen molar-refractivity contribution in [2.45, 2.75) is 38.8 Å². The highest BCUT2D eigenvalue weighted by Gasteiger charge is 2.23. The lowest BCUT2D eigenvalue weighted by Gasteiger charge is -2.32. The van der Waals surface area contributed by atoms with Gasteiger partial charge in [-0.1, -0.05) is 0 Å². The largest absolute Gasteiger partial charge is 0.352 e.